The summed E-state index contributed by atoms with van der Waals surface area (Å²) in [5.41, 5.74) is 1.14. The monoisotopic (exact) mass is 380 g/mol. The van der Waals surface area contributed by atoms with Crippen LogP contribution >= 0.6 is 0 Å². The Labute approximate surface area is 161 Å². The summed E-state index contributed by atoms with van der Waals surface area (Å²) < 4.78 is 15.9. The smallest absolute Gasteiger partial charge is 0.223 e. The maximum absolute atomic E-state index is 13.1. The van der Waals surface area contributed by atoms with Crippen molar-refractivity contribution in [1.82, 2.24) is 10.1 Å². The van der Waals surface area contributed by atoms with Crippen molar-refractivity contribution in [3.05, 3.63) is 53.4 Å². The van der Waals surface area contributed by atoms with Crippen LogP contribution in [-0.2, 0) is 0 Å². The number of methoxy groups -OCH3 is 1. The van der Waals surface area contributed by atoms with Crippen LogP contribution in [0.3, 0.4) is 0 Å². The molecule has 1 aliphatic rings. The van der Waals surface area contributed by atoms with E-state index in [0.717, 1.165) is 5.75 Å². The van der Waals surface area contributed by atoms with Crippen molar-refractivity contribution < 1.29 is 23.9 Å². The van der Waals surface area contributed by atoms with Gasteiger partial charge in [0.1, 0.15) is 5.75 Å². The Morgan fingerprint density at radius 2 is 2.00 bits per heavy atom. The number of phenolic OH excluding ortho intramolecular Hbond substituents is 1. The maximum Gasteiger partial charge on any atom is 0.223 e. The normalized spacial score (nSPS) is 13.4. The number of ketones is 1. The first-order chi connectivity index (χ1) is 13.5. The van der Waals surface area contributed by atoms with Gasteiger partial charge in [-0.3, -0.25) is 4.79 Å². The van der Waals surface area contributed by atoms with E-state index in [1.807, 2.05) is 0 Å². The van der Waals surface area contributed by atoms with Crippen molar-refractivity contribution in [2.24, 2.45) is 5.92 Å². The average Bonchev–Trinajstić information content (AvgIpc) is 3.45. The second-order valence-corrected chi connectivity index (χ2v) is 6.81. The van der Waals surface area contributed by atoms with Crippen molar-refractivity contribution in [2.45, 2.75) is 19.8 Å². The van der Waals surface area contributed by atoms with Gasteiger partial charge in [-0.05, 0) is 55.2 Å². The van der Waals surface area contributed by atoms with Gasteiger partial charge in [-0.1, -0.05) is 5.16 Å². The molecule has 4 rings (SSSR count). The van der Waals surface area contributed by atoms with Crippen molar-refractivity contribution in [1.29, 1.82) is 0 Å². The zero-order valence-corrected chi connectivity index (χ0v) is 15.6. The molecule has 0 unspecified atom stereocenters. The van der Waals surface area contributed by atoms with Gasteiger partial charge >= 0.3 is 0 Å². The van der Waals surface area contributed by atoms with Gasteiger partial charge in [-0.25, -0.2) is 0 Å². The van der Waals surface area contributed by atoms with E-state index in [-0.39, 0.29) is 28.7 Å². The first-order valence-electron chi connectivity index (χ1n) is 9.04. The second-order valence-electron chi connectivity index (χ2n) is 6.81. The van der Waals surface area contributed by atoms with E-state index in [1.165, 1.54) is 32.1 Å². The fraction of sp³-hybridized carbons (Fsp3) is 0.286. The quantitative estimate of drug-likeness (QED) is 0.623. The SMILES string of the molecule is COc1cc(-c2noc(C)n2)c(C(=O)c2ccc(OCC3CC3)cc2)cc1O. The highest BCUT2D eigenvalue weighted by Gasteiger charge is 2.23. The fourth-order valence-electron chi connectivity index (χ4n) is 2.87. The summed E-state index contributed by atoms with van der Waals surface area (Å²) in [6, 6.07) is 9.85. The number of hydrogen-bond acceptors (Lipinski definition) is 7. The standard InChI is InChI=1S/C21H20N2O5/c1-12-22-21(23-28-12)17-10-19(26-2)18(24)9-16(17)20(25)14-5-7-15(8-6-14)27-11-13-3-4-13/h5-10,13,24H,3-4,11H2,1-2H3. The zero-order valence-electron chi connectivity index (χ0n) is 15.6. The number of phenols is 1. The summed E-state index contributed by atoms with van der Waals surface area (Å²) in [4.78, 5) is 17.3. The van der Waals surface area contributed by atoms with Crippen molar-refractivity contribution in [3.63, 3.8) is 0 Å². The molecule has 1 N–H and O–H groups in total. The zero-order chi connectivity index (χ0) is 19.7. The average molecular weight is 380 g/mol. The van der Waals surface area contributed by atoms with E-state index in [4.69, 9.17) is 14.0 Å². The number of aryl methyl sites for hydroxylation is 1. The van der Waals surface area contributed by atoms with E-state index < -0.39 is 0 Å². The molecule has 144 valence electrons. The van der Waals surface area contributed by atoms with Crippen LogP contribution in [0, 0.1) is 12.8 Å². The van der Waals surface area contributed by atoms with Gasteiger partial charge in [0, 0.05) is 23.6 Å². The predicted molar refractivity (Wildman–Crippen MR) is 101 cm³/mol. The molecule has 28 heavy (non-hydrogen) atoms. The van der Waals surface area contributed by atoms with Crippen LogP contribution in [0.15, 0.2) is 40.9 Å². The molecule has 0 bridgehead atoms. The van der Waals surface area contributed by atoms with E-state index in [2.05, 4.69) is 10.1 Å². The number of hydrogen-bond donors (Lipinski definition) is 1. The Bertz CT molecular complexity index is 1010. The van der Waals surface area contributed by atoms with Gasteiger partial charge < -0.3 is 19.1 Å². The summed E-state index contributed by atoms with van der Waals surface area (Å²) in [5.74, 6) is 1.82. The molecule has 3 aromatic rings. The summed E-state index contributed by atoms with van der Waals surface area (Å²) in [5, 5.41) is 14.1. The Morgan fingerprint density at radius 3 is 2.61 bits per heavy atom. The highest BCUT2D eigenvalue weighted by atomic mass is 16.5. The van der Waals surface area contributed by atoms with Crippen LogP contribution in [0.1, 0.15) is 34.7 Å². The number of carbonyl (C=O) groups excluding carboxylic acids is 1. The number of aromatic hydroxyl groups is 1. The minimum Gasteiger partial charge on any atom is -0.504 e. The summed E-state index contributed by atoms with van der Waals surface area (Å²) in [7, 11) is 1.43. The molecule has 7 nitrogen and oxygen atoms in total. The lowest BCUT2D eigenvalue weighted by Gasteiger charge is -2.11. The molecule has 1 fully saturated rings. The van der Waals surface area contributed by atoms with Gasteiger partial charge in [-0.2, -0.15) is 4.98 Å². The third-order valence-electron chi connectivity index (χ3n) is 4.63. The van der Waals surface area contributed by atoms with Crippen molar-refractivity contribution >= 4 is 5.78 Å². The van der Waals surface area contributed by atoms with Crippen LogP contribution in [0.5, 0.6) is 17.2 Å². The number of aromatic nitrogens is 2. The predicted octanol–water partition coefficient (Wildman–Crippen LogP) is 3.78. The number of benzene rings is 2. The molecule has 2 aromatic carbocycles. The lowest BCUT2D eigenvalue weighted by atomic mass is 9.97. The topological polar surface area (TPSA) is 94.7 Å². The number of rotatable bonds is 7. The Morgan fingerprint density at radius 1 is 1.25 bits per heavy atom. The maximum atomic E-state index is 13.1. The molecule has 7 heteroatoms. The minimum atomic E-state index is -0.274. The third-order valence-corrected chi connectivity index (χ3v) is 4.63. The molecule has 0 amide bonds. The Balaban J connectivity index is 1.66. The summed E-state index contributed by atoms with van der Waals surface area (Å²) in [6.45, 7) is 2.37. The first kappa shape index (κ1) is 18.0. The van der Waals surface area contributed by atoms with Gasteiger partial charge in [0.25, 0.3) is 0 Å². The van der Waals surface area contributed by atoms with Gasteiger partial charge in [0.15, 0.2) is 17.3 Å². The van der Waals surface area contributed by atoms with Crippen molar-refractivity contribution in [2.75, 3.05) is 13.7 Å². The van der Waals surface area contributed by atoms with Crippen LogP contribution in [0.25, 0.3) is 11.4 Å². The first-order valence-corrected chi connectivity index (χ1v) is 9.04. The van der Waals surface area contributed by atoms with Crippen LogP contribution in [-0.4, -0.2) is 34.7 Å². The second kappa shape index (κ2) is 7.34. The highest BCUT2D eigenvalue weighted by Crippen LogP contribution is 2.35. The van der Waals surface area contributed by atoms with Crippen LogP contribution in [0.4, 0.5) is 0 Å². The minimum absolute atomic E-state index is 0.140. The summed E-state index contributed by atoms with van der Waals surface area (Å²) in [6.07, 6.45) is 2.44. The van der Waals surface area contributed by atoms with Crippen molar-refractivity contribution in [3.8, 4) is 28.6 Å². The fourth-order valence-corrected chi connectivity index (χ4v) is 2.87. The van der Waals surface area contributed by atoms with Gasteiger partial charge in [-0.15, -0.1) is 0 Å². The number of carbonyl (C=O) groups is 1. The number of nitrogens with zero attached hydrogens (tertiary/aromatic N) is 2. The van der Waals surface area contributed by atoms with Gasteiger partial charge in [0.2, 0.25) is 11.7 Å². The molecule has 0 spiro atoms. The van der Waals surface area contributed by atoms with Crippen LogP contribution < -0.4 is 9.47 Å². The highest BCUT2D eigenvalue weighted by molar-refractivity contribution is 6.13. The molecule has 0 radical (unpaired) electrons. The Hall–Kier alpha value is -3.35. The lowest BCUT2D eigenvalue weighted by molar-refractivity contribution is 0.103. The van der Waals surface area contributed by atoms with Crippen LogP contribution in [0.2, 0.25) is 0 Å². The van der Waals surface area contributed by atoms with Gasteiger partial charge in [0.05, 0.1) is 13.7 Å². The molecule has 1 saturated carbocycles. The largest absolute Gasteiger partial charge is 0.504 e. The molecular formula is C21H20N2O5. The van der Waals surface area contributed by atoms with E-state index >= 15 is 0 Å². The lowest BCUT2D eigenvalue weighted by Crippen LogP contribution is -2.05. The molecular weight excluding hydrogens is 360 g/mol. The molecule has 1 heterocycles. The van der Waals surface area contributed by atoms with E-state index in [9.17, 15) is 9.90 Å². The Kier molecular flexibility index (Phi) is 4.73. The molecule has 0 atom stereocenters. The third kappa shape index (κ3) is 3.69. The van der Waals surface area contributed by atoms with E-state index in [1.54, 1.807) is 31.2 Å². The molecule has 1 aliphatic carbocycles. The molecule has 0 saturated heterocycles. The number of ether oxygens (including phenoxy) is 2. The molecule has 0 aliphatic heterocycles. The van der Waals surface area contributed by atoms with E-state index in [0.29, 0.717) is 29.5 Å². The summed E-state index contributed by atoms with van der Waals surface area (Å²) >= 11 is 0. The molecule has 1 aromatic heterocycles.